The van der Waals surface area contributed by atoms with Gasteiger partial charge in [0.2, 0.25) is 5.82 Å². The van der Waals surface area contributed by atoms with Crippen molar-refractivity contribution in [2.75, 3.05) is 0 Å². The van der Waals surface area contributed by atoms with E-state index in [9.17, 15) is 17.7 Å². The molecule has 2 aromatic heterocycles. The zero-order valence-electron chi connectivity index (χ0n) is 20.5. The van der Waals surface area contributed by atoms with Gasteiger partial charge in [-0.05, 0) is 62.2 Å². The molecule has 14 heteroatoms. The van der Waals surface area contributed by atoms with Gasteiger partial charge in [0, 0.05) is 17.7 Å². The van der Waals surface area contributed by atoms with E-state index in [0.717, 1.165) is 29.0 Å². The molecule has 4 rings (SSSR count). The highest BCUT2D eigenvalue weighted by Gasteiger charge is 2.31. The Hall–Kier alpha value is -3.51. The van der Waals surface area contributed by atoms with Crippen molar-refractivity contribution in [1.29, 1.82) is 0 Å². The summed E-state index contributed by atoms with van der Waals surface area (Å²) in [7, 11) is -4.63. The lowest BCUT2D eigenvalue weighted by atomic mass is 9.97. The van der Waals surface area contributed by atoms with Crippen LogP contribution in [-0.2, 0) is 22.1 Å². The summed E-state index contributed by atoms with van der Waals surface area (Å²) in [4.78, 5) is 22.6. The maximum absolute atomic E-state index is 12.4. The van der Waals surface area contributed by atoms with Crippen molar-refractivity contribution in [3.63, 3.8) is 0 Å². The molecule has 0 saturated carbocycles. The molecule has 0 bridgehead atoms. The maximum atomic E-state index is 12.4. The Labute approximate surface area is 215 Å². The first kappa shape index (κ1) is 27.5. The minimum atomic E-state index is -4.78. The molecule has 4 aromatic rings. The molecule has 0 atom stereocenters. The van der Waals surface area contributed by atoms with E-state index in [1.807, 2.05) is 31.2 Å². The minimum Gasteiger partial charge on any atom is -0.406 e. The van der Waals surface area contributed by atoms with E-state index in [4.69, 9.17) is 18.8 Å². The molecule has 0 aliphatic rings. The van der Waals surface area contributed by atoms with E-state index in [1.165, 1.54) is 12.1 Å². The van der Waals surface area contributed by atoms with Crippen LogP contribution in [0.1, 0.15) is 30.7 Å². The van der Waals surface area contributed by atoms with Crippen LogP contribution >= 0.6 is 7.82 Å². The molecule has 0 aliphatic heterocycles. The van der Waals surface area contributed by atoms with Crippen molar-refractivity contribution in [2.45, 2.75) is 45.7 Å². The number of nitrogens with zero attached hydrogens (tertiary/aromatic N) is 4. The molecule has 0 unspecified atom stereocenters. The van der Waals surface area contributed by atoms with Gasteiger partial charge in [-0.25, -0.2) is 4.57 Å². The fourth-order valence-electron chi connectivity index (χ4n) is 3.88. The molecule has 2 N–H and O–H groups in total. The summed E-state index contributed by atoms with van der Waals surface area (Å²) in [5.41, 5.74) is 2.33. The Balaban J connectivity index is 1.47. The average Bonchev–Trinajstić information content (AvgIpc) is 3.39. The summed E-state index contributed by atoms with van der Waals surface area (Å²) in [5.74, 6) is -0.0394. The zero-order chi connectivity index (χ0) is 27.7. The largest absolute Gasteiger partial charge is 0.573 e. The van der Waals surface area contributed by atoms with Crippen LogP contribution in [0.25, 0.3) is 23.0 Å². The van der Waals surface area contributed by atoms with Crippen molar-refractivity contribution in [2.24, 2.45) is 0 Å². The lowest BCUT2D eigenvalue weighted by Crippen LogP contribution is -2.26. The second-order valence-electron chi connectivity index (χ2n) is 9.16. The molecule has 0 radical (unpaired) electrons. The number of halogens is 3. The lowest BCUT2D eigenvalue weighted by molar-refractivity contribution is -0.274. The number of alkyl halides is 3. The summed E-state index contributed by atoms with van der Waals surface area (Å²) < 4.78 is 64.2. The van der Waals surface area contributed by atoms with Crippen molar-refractivity contribution < 1.29 is 41.3 Å². The summed E-state index contributed by atoms with van der Waals surface area (Å²) in [6, 6.07) is 14.3. The standard InChI is InChI=1S/C24H24F3N4O6P/c1-15-11-20(22-28-21(30-36-22)18-7-9-19(10-8-18)35-24(25,26)27)29-31(15)14-17-6-4-5-16(12-17)13-23(2,3)37-38(32,33)34/h4-12H,13-14H2,1-3H3,(H2,32,33,34). The van der Waals surface area contributed by atoms with E-state index in [-0.39, 0.29) is 23.9 Å². The van der Waals surface area contributed by atoms with E-state index in [2.05, 4.69) is 20.0 Å². The molecular formula is C24H24F3N4O6P. The van der Waals surface area contributed by atoms with Crippen molar-refractivity contribution in [3.05, 3.63) is 71.4 Å². The fourth-order valence-corrected chi connectivity index (χ4v) is 4.59. The van der Waals surface area contributed by atoms with Gasteiger partial charge < -0.3 is 19.0 Å². The number of hydrogen-bond acceptors (Lipinski definition) is 7. The van der Waals surface area contributed by atoms with Gasteiger partial charge in [-0.3, -0.25) is 9.21 Å². The van der Waals surface area contributed by atoms with Crippen LogP contribution in [-0.4, -0.2) is 41.7 Å². The second kappa shape index (κ2) is 10.3. The Morgan fingerprint density at radius 2 is 1.74 bits per heavy atom. The van der Waals surface area contributed by atoms with Crippen LogP contribution < -0.4 is 4.74 Å². The van der Waals surface area contributed by atoms with Crippen molar-refractivity contribution in [3.8, 4) is 28.7 Å². The Bertz CT molecular complexity index is 1460. The molecule has 0 fully saturated rings. The highest BCUT2D eigenvalue weighted by molar-refractivity contribution is 7.46. The van der Waals surface area contributed by atoms with Gasteiger partial charge in [-0.1, -0.05) is 29.4 Å². The van der Waals surface area contributed by atoms with Crippen LogP contribution in [0.3, 0.4) is 0 Å². The highest BCUT2D eigenvalue weighted by Crippen LogP contribution is 2.42. The zero-order valence-corrected chi connectivity index (χ0v) is 21.4. The van der Waals surface area contributed by atoms with Gasteiger partial charge >= 0.3 is 14.2 Å². The van der Waals surface area contributed by atoms with Crippen LogP contribution in [0, 0.1) is 6.92 Å². The predicted octanol–water partition coefficient (Wildman–Crippen LogP) is 5.29. The van der Waals surface area contributed by atoms with Gasteiger partial charge in [0.25, 0.3) is 5.89 Å². The SMILES string of the molecule is Cc1cc(-c2nc(-c3ccc(OC(F)(F)F)cc3)no2)nn1Cc1cccc(CC(C)(C)OP(=O)(O)O)c1. The molecule has 2 heterocycles. The molecule has 0 saturated heterocycles. The molecule has 2 aromatic carbocycles. The number of aryl methyl sites for hydroxylation is 1. The summed E-state index contributed by atoms with van der Waals surface area (Å²) in [5, 5.41) is 8.43. The maximum Gasteiger partial charge on any atom is 0.573 e. The lowest BCUT2D eigenvalue weighted by Gasteiger charge is -2.25. The summed E-state index contributed by atoms with van der Waals surface area (Å²) >= 11 is 0. The highest BCUT2D eigenvalue weighted by atomic mass is 31.2. The third-order valence-electron chi connectivity index (χ3n) is 5.29. The van der Waals surface area contributed by atoms with Crippen molar-refractivity contribution in [1.82, 2.24) is 19.9 Å². The molecule has 0 aliphatic carbocycles. The summed E-state index contributed by atoms with van der Waals surface area (Å²) in [6.07, 6.45) is -4.50. The Kier molecular flexibility index (Phi) is 7.48. The number of ether oxygens (including phenoxy) is 1. The van der Waals surface area contributed by atoms with Crippen LogP contribution in [0.5, 0.6) is 5.75 Å². The molecule has 10 nitrogen and oxygen atoms in total. The third kappa shape index (κ3) is 7.51. The van der Waals surface area contributed by atoms with Gasteiger partial charge in [0.1, 0.15) is 5.75 Å². The number of phosphoric ester groups is 1. The number of phosphoric acid groups is 1. The van der Waals surface area contributed by atoms with E-state index >= 15 is 0 Å². The first-order chi connectivity index (χ1) is 17.7. The van der Waals surface area contributed by atoms with Crippen LogP contribution in [0.15, 0.2) is 59.1 Å². The molecule has 38 heavy (non-hydrogen) atoms. The quantitative estimate of drug-likeness (QED) is 0.266. The molecule has 0 spiro atoms. The normalized spacial score (nSPS) is 12.6. The fraction of sp³-hybridized carbons (Fsp3) is 0.292. The number of rotatable bonds is 9. The Morgan fingerprint density at radius 3 is 2.39 bits per heavy atom. The van der Waals surface area contributed by atoms with Crippen LogP contribution in [0.4, 0.5) is 13.2 Å². The first-order valence-corrected chi connectivity index (χ1v) is 12.8. The summed E-state index contributed by atoms with van der Waals surface area (Å²) in [6.45, 7) is 5.47. The third-order valence-corrected chi connectivity index (χ3v) is 6.02. The van der Waals surface area contributed by atoms with E-state index < -0.39 is 19.8 Å². The number of benzene rings is 2. The smallest absolute Gasteiger partial charge is 0.406 e. The van der Waals surface area contributed by atoms with Gasteiger partial charge in [-0.2, -0.15) is 10.1 Å². The topological polar surface area (TPSA) is 133 Å². The van der Waals surface area contributed by atoms with Crippen LogP contribution in [0.2, 0.25) is 0 Å². The molecular weight excluding hydrogens is 528 g/mol. The number of hydrogen-bond donors (Lipinski definition) is 2. The van der Waals surface area contributed by atoms with Crippen molar-refractivity contribution >= 4 is 7.82 Å². The molecule has 202 valence electrons. The van der Waals surface area contributed by atoms with E-state index in [1.54, 1.807) is 24.6 Å². The molecule has 0 amide bonds. The predicted molar refractivity (Wildman–Crippen MR) is 129 cm³/mol. The Morgan fingerprint density at radius 1 is 1.05 bits per heavy atom. The van der Waals surface area contributed by atoms with Gasteiger partial charge in [-0.15, -0.1) is 13.2 Å². The number of aromatic nitrogens is 4. The monoisotopic (exact) mass is 552 g/mol. The van der Waals surface area contributed by atoms with Gasteiger partial charge in [0.15, 0.2) is 5.69 Å². The first-order valence-electron chi connectivity index (χ1n) is 11.2. The second-order valence-corrected chi connectivity index (χ2v) is 10.3. The minimum absolute atomic E-state index is 0.141. The van der Waals surface area contributed by atoms with E-state index in [0.29, 0.717) is 17.8 Å². The van der Waals surface area contributed by atoms with Gasteiger partial charge in [0.05, 0.1) is 12.1 Å². The average molecular weight is 552 g/mol.